The highest BCUT2D eigenvalue weighted by atomic mass is 16.5. The fourth-order valence-electron chi connectivity index (χ4n) is 2.08. The average Bonchev–Trinajstić information content (AvgIpc) is 2.84. The molecule has 7 heteroatoms. The van der Waals surface area contributed by atoms with E-state index < -0.39 is 6.10 Å². The van der Waals surface area contributed by atoms with E-state index in [0.29, 0.717) is 31.9 Å². The van der Waals surface area contributed by atoms with Crippen molar-refractivity contribution in [1.29, 1.82) is 0 Å². The Morgan fingerprint density at radius 1 is 1.68 bits per heavy atom. The normalized spacial score (nSPS) is 19.5. The van der Waals surface area contributed by atoms with Gasteiger partial charge in [-0.1, -0.05) is 0 Å². The van der Waals surface area contributed by atoms with Gasteiger partial charge in [0.05, 0.1) is 31.1 Å². The van der Waals surface area contributed by atoms with Crippen molar-refractivity contribution < 1.29 is 14.6 Å². The van der Waals surface area contributed by atoms with E-state index in [1.54, 1.807) is 29.1 Å². The molecule has 2 heterocycles. The first-order valence-electron chi connectivity index (χ1n) is 6.44. The summed E-state index contributed by atoms with van der Waals surface area (Å²) in [6, 6.07) is -0.190. The number of likely N-dealkylation sites (tertiary alicyclic amines) is 1. The Labute approximate surface area is 112 Å². The van der Waals surface area contributed by atoms with E-state index >= 15 is 0 Å². The summed E-state index contributed by atoms with van der Waals surface area (Å²) in [5, 5.41) is 16.4. The number of hydrogen-bond acceptors (Lipinski definition) is 4. The van der Waals surface area contributed by atoms with E-state index in [0.717, 1.165) is 12.8 Å². The molecule has 0 bridgehead atoms. The van der Waals surface area contributed by atoms with Crippen LogP contribution in [0.5, 0.6) is 0 Å². The van der Waals surface area contributed by atoms with Crippen molar-refractivity contribution in [3.8, 4) is 0 Å². The SMILES string of the molecule is COCCn1cc(NC(=O)N2CCC[C@@H](O)C2)cn1. The van der Waals surface area contributed by atoms with E-state index in [2.05, 4.69) is 10.4 Å². The molecule has 1 atom stereocenters. The zero-order valence-electron chi connectivity index (χ0n) is 11.1. The topological polar surface area (TPSA) is 79.6 Å². The molecule has 0 aromatic carbocycles. The number of carbonyl (C=O) groups is 1. The molecule has 1 aromatic heterocycles. The van der Waals surface area contributed by atoms with Crippen molar-refractivity contribution >= 4 is 11.7 Å². The fourth-order valence-corrected chi connectivity index (χ4v) is 2.08. The summed E-state index contributed by atoms with van der Waals surface area (Å²) in [4.78, 5) is 13.6. The molecule has 2 rings (SSSR count). The summed E-state index contributed by atoms with van der Waals surface area (Å²) >= 11 is 0. The standard InChI is InChI=1S/C12H20N4O3/c1-19-6-5-16-8-10(7-13-16)14-12(18)15-4-2-3-11(17)9-15/h7-8,11,17H,2-6,9H2,1H3,(H,14,18)/t11-/m1/s1. The Balaban J connectivity index is 1.86. The van der Waals surface area contributed by atoms with Crippen LogP contribution in [0.25, 0.3) is 0 Å². The summed E-state index contributed by atoms with van der Waals surface area (Å²) in [6.45, 7) is 2.30. The summed E-state index contributed by atoms with van der Waals surface area (Å²) < 4.78 is 6.67. The largest absolute Gasteiger partial charge is 0.391 e. The van der Waals surface area contributed by atoms with Gasteiger partial charge in [0, 0.05) is 26.4 Å². The lowest BCUT2D eigenvalue weighted by Gasteiger charge is -2.29. The summed E-state index contributed by atoms with van der Waals surface area (Å²) in [5.74, 6) is 0. The van der Waals surface area contributed by atoms with Gasteiger partial charge in [0.2, 0.25) is 0 Å². The van der Waals surface area contributed by atoms with Crippen molar-refractivity contribution in [2.24, 2.45) is 0 Å². The van der Waals surface area contributed by atoms with Crippen LogP contribution >= 0.6 is 0 Å². The first kappa shape index (κ1) is 13.8. The van der Waals surface area contributed by atoms with Gasteiger partial charge in [-0.15, -0.1) is 0 Å². The molecular formula is C12H20N4O3. The van der Waals surface area contributed by atoms with Crippen molar-refractivity contribution in [2.45, 2.75) is 25.5 Å². The van der Waals surface area contributed by atoms with Gasteiger partial charge in [0.15, 0.2) is 0 Å². The number of aliphatic hydroxyl groups excluding tert-OH is 1. The first-order valence-corrected chi connectivity index (χ1v) is 6.44. The van der Waals surface area contributed by atoms with E-state index in [-0.39, 0.29) is 6.03 Å². The van der Waals surface area contributed by atoms with Crippen LogP contribution in [0.3, 0.4) is 0 Å². The molecule has 0 saturated carbocycles. The van der Waals surface area contributed by atoms with E-state index in [1.165, 1.54) is 0 Å². The van der Waals surface area contributed by atoms with Gasteiger partial charge < -0.3 is 20.1 Å². The zero-order chi connectivity index (χ0) is 13.7. The molecule has 7 nitrogen and oxygen atoms in total. The molecule has 1 aliphatic rings. The smallest absolute Gasteiger partial charge is 0.322 e. The van der Waals surface area contributed by atoms with Crippen molar-refractivity contribution in [3.63, 3.8) is 0 Å². The third-order valence-corrected chi connectivity index (χ3v) is 3.09. The molecular weight excluding hydrogens is 248 g/mol. The summed E-state index contributed by atoms with van der Waals surface area (Å²) in [6.07, 6.45) is 4.55. The maximum atomic E-state index is 12.0. The molecule has 1 saturated heterocycles. The maximum Gasteiger partial charge on any atom is 0.322 e. The highest BCUT2D eigenvalue weighted by Gasteiger charge is 2.22. The Hall–Kier alpha value is -1.60. The van der Waals surface area contributed by atoms with Crippen molar-refractivity contribution in [1.82, 2.24) is 14.7 Å². The second-order valence-corrected chi connectivity index (χ2v) is 4.66. The Bertz CT molecular complexity index is 421. The van der Waals surface area contributed by atoms with Crippen molar-refractivity contribution in [2.75, 3.05) is 32.1 Å². The third kappa shape index (κ3) is 3.93. The molecule has 0 aliphatic carbocycles. The predicted molar refractivity (Wildman–Crippen MR) is 69.9 cm³/mol. The Kier molecular flexibility index (Phi) is 4.75. The molecule has 1 fully saturated rings. The number of nitrogens with one attached hydrogen (secondary N) is 1. The monoisotopic (exact) mass is 268 g/mol. The number of β-amino-alcohol motifs (C(OH)–C–C–N with tert-alkyl or cyclic N) is 1. The molecule has 0 unspecified atom stereocenters. The van der Waals surface area contributed by atoms with Gasteiger partial charge in [-0.25, -0.2) is 4.79 Å². The van der Waals surface area contributed by atoms with Gasteiger partial charge in [0.1, 0.15) is 0 Å². The molecule has 0 radical (unpaired) electrons. The van der Waals surface area contributed by atoms with Gasteiger partial charge >= 0.3 is 6.03 Å². The number of urea groups is 1. The van der Waals surface area contributed by atoms with Crippen LogP contribution < -0.4 is 5.32 Å². The fraction of sp³-hybridized carbons (Fsp3) is 0.667. The van der Waals surface area contributed by atoms with Crippen LogP contribution in [-0.4, -0.2) is 58.7 Å². The van der Waals surface area contributed by atoms with Crippen LogP contribution in [0.15, 0.2) is 12.4 Å². The number of amides is 2. The summed E-state index contributed by atoms with van der Waals surface area (Å²) in [7, 11) is 1.63. The molecule has 2 amide bonds. The highest BCUT2D eigenvalue weighted by Crippen LogP contribution is 2.12. The quantitative estimate of drug-likeness (QED) is 0.834. The lowest BCUT2D eigenvalue weighted by atomic mass is 10.1. The number of aliphatic hydroxyl groups is 1. The average molecular weight is 268 g/mol. The van der Waals surface area contributed by atoms with Crippen LogP contribution in [0.2, 0.25) is 0 Å². The second-order valence-electron chi connectivity index (χ2n) is 4.66. The number of methoxy groups -OCH3 is 1. The van der Waals surface area contributed by atoms with Crippen LogP contribution in [0.1, 0.15) is 12.8 Å². The molecule has 1 aliphatic heterocycles. The van der Waals surface area contributed by atoms with Gasteiger partial charge in [0.25, 0.3) is 0 Å². The van der Waals surface area contributed by atoms with E-state index in [1.807, 2.05) is 0 Å². The minimum Gasteiger partial charge on any atom is -0.391 e. The number of anilines is 1. The number of aromatic nitrogens is 2. The Morgan fingerprint density at radius 3 is 3.26 bits per heavy atom. The minimum absolute atomic E-state index is 0.190. The first-order chi connectivity index (χ1) is 9.19. The van der Waals surface area contributed by atoms with Gasteiger partial charge in [-0.3, -0.25) is 4.68 Å². The predicted octanol–water partition coefficient (Wildman–Crippen LogP) is 0.518. The van der Waals surface area contributed by atoms with Crippen LogP contribution in [0.4, 0.5) is 10.5 Å². The van der Waals surface area contributed by atoms with Crippen molar-refractivity contribution in [3.05, 3.63) is 12.4 Å². The lowest BCUT2D eigenvalue weighted by molar-refractivity contribution is 0.0883. The second kappa shape index (κ2) is 6.53. The van der Waals surface area contributed by atoms with Gasteiger partial charge in [-0.05, 0) is 12.8 Å². The molecule has 0 spiro atoms. The van der Waals surface area contributed by atoms with Gasteiger partial charge in [-0.2, -0.15) is 5.10 Å². The Morgan fingerprint density at radius 2 is 2.53 bits per heavy atom. The van der Waals surface area contributed by atoms with E-state index in [9.17, 15) is 9.90 Å². The molecule has 106 valence electrons. The number of carbonyl (C=O) groups excluding carboxylic acids is 1. The number of rotatable bonds is 4. The number of ether oxygens (including phenoxy) is 1. The molecule has 19 heavy (non-hydrogen) atoms. The molecule has 1 aromatic rings. The van der Waals surface area contributed by atoms with Crippen LogP contribution in [0, 0.1) is 0 Å². The number of nitrogens with zero attached hydrogens (tertiary/aromatic N) is 3. The minimum atomic E-state index is -0.413. The number of piperidine rings is 1. The maximum absolute atomic E-state index is 12.0. The van der Waals surface area contributed by atoms with Crippen LogP contribution in [-0.2, 0) is 11.3 Å². The third-order valence-electron chi connectivity index (χ3n) is 3.09. The van der Waals surface area contributed by atoms with E-state index in [4.69, 9.17) is 4.74 Å². The summed E-state index contributed by atoms with van der Waals surface area (Å²) in [5.41, 5.74) is 0.654. The highest BCUT2D eigenvalue weighted by molar-refractivity contribution is 5.89. The number of hydrogen-bond donors (Lipinski definition) is 2. The molecule has 2 N–H and O–H groups in total. The zero-order valence-corrected chi connectivity index (χ0v) is 11.1. The lowest BCUT2D eigenvalue weighted by Crippen LogP contribution is -2.44.